The average Bonchev–Trinajstić information content (AvgIpc) is 3.46. The van der Waals surface area contributed by atoms with Gasteiger partial charge in [-0.15, -0.1) is 0 Å². The number of methoxy groups -OCH3 is 1. The molecular formula is C33H38N8O2. The van der Waals surface area contributed by atoms with Gasteiger partial charge < -0.3 is 19.7 Å². The van der Waals surface area contributed by atoms with Gasteiger partial charge in [0.2, 0.25) is 5.88 Å². The number of hydrogen-bond acceptors (Lipinski definition) is 9. The van der Waals surface area contributed by atoms with Crippen LogP contribution in [-0.2, 0) is 6.54 Å². The zero-order valence-corrected chi connectivity index (χ0v) is 25.0. The molecule has 10 nitrogen and oxygen atoms in total. The maximum absolute atomic E-state index is 9.79. The zero-order valence-electron chi connectivity index (χ0n) is 25.0. The van der Waals surface area contributed by atoms with Crippen LogP contribution in [0.4, 0.5) is 5.82 Å². The Balaban J connectivity index is 1.05. The first kappa shape index (κ1) is 27.6. The van der Waals surface area contributed by atoms with Gasteiger partial charge in [0.1, 0.15) is 17.6 Å². The highest BCUT2D eigenvalue weighted by atomic mass is 16.5. The number of nitriles is 1. The van der Waals surface area contributed by atoms with Gasteiger partial charge in [0.15, 0.2) is 0 Å². The first-order chi connectivity index (χ1) is 20.9. The van der Waals surface area contributed by atoms with Crippen molar-refractivity contribution in [2.24, 2.45) is 5.92 Å². The lowest BCUT2D eigenvalue weighted by Gasteiger charge is -2.56. The van der Waals surface area contributed by atoms with Crippen molar-refractivity contribution >= 4 is 11.3 Å². The summed E-state index contributed by atoms with van der Waals surface area (Å²) < 4.78 is 13.3. The molecule has 0 amide bonds. The highest BCUT2D eigenvalue weighted by Gasteiger charge is 2.44. The molecule has 222 valence electrons. The van der Waals surface area contributed by atoms with Crippen molar-refractivity contribution in [2.45, 2.75) is 57.3 Å². The second kappa shape index (κ2) is 11.1. The van der Waals surface area contributed by atoms with Gasteiger partial charge in [-0.05, 0) is 56.9 Å². The number of rotatable bonds is 8. The molecule has 0 radical (unpaired) electrons. The normalized spacial score (nSPS) is 23.0. The van der Waals surface area contributed by atoms with E-state index in [2.05, 4.69) is 63.3 Å². The van der Waals surface area contributed by atoms with Crippen molar-refractivity contribution in [3.8, 4) is 28.8 Å². The third-order valence-electron chi connectivity index (χ3n) is 9.34. The summed E-state index contributed by atoms with van der Waals surface area (Å²) in [5, 5.41) is 17.9. The lowest BCUT2D eigenvalue weighted by Crippen LogP contribution is -2.68. The number of piperidine rings is 2. The number of nitrogens with one attached hydrogen (secondary N) is 1. The van der Waals surface area contributed by atoms with E-state index in [4.69, 9.17) is 14.5 Å². The third-order valence-corrected chi connectivity index (χ3v) is 9.34. The Kier molecular flexibility index (Phi) is 7.15. The molecule has 4 aliphatic heterocycles. The van der Waals surface area contributed by atoms with Crippen LogP contribution < -0.4 is 19.7 Å². The standard InChI is InChI=1S/C33H38N8O2/c1-33(2)9-8-23(14-37-33)21-43-28-11-29(32-25(12-34)16-38-41(32)20-28)24-5-6-30(35-15-24)39-18-26-10-27(19-39)40(26)17-22-4-7-31(42-3)36-13-22/h4-7,11,13,15-16,20,23,26-27,37H,8-10,14,17-19,21H2,1-3H3/t23-,26?,27?/m0/s1. The van der Waals surface area contributed by atoms with Crippen LogP contribution in [0.1, 0.15) is 44.2 Å². The molecule has 4 fully saturated rings. The number of anilines is 1. The summed E-state index contributed by atoms with van der Waals surface area (Å²) in [6.45, 7) is 8.90. The Bertz CT molecular complexity index is 1620. The molecule has 2 unspecified atom stereocenters. The number of ether oxygens (including phenoxy) is 2. The van der Waals surface area contributed by atoms with Gasteiger partial charge in [-0.1, -0.05) is 6.07 Å². The summed E-state index contributed by atoms with van der Waals surface area (Å²) in [5.74, 6) is 2.83. The van der Waals surface area contributed by atoms with Gasteiger partial charge in [-0.3, -0.25) is 4.90 Å². The highest BCUT2D eigenvalue weighted by Crippen LogP contribution is 2.37. The molecule has 43 heavy (non-hydrogen) atoms. The molecule has 1 N–H and O–H groups in total. The monoisotopic (exact) mass is 578 g/mol. The number of fused-ring (bicyclic) bond motifs is 3. The molecule has 4 aromatic rings. The van der Waals surface area contributed by atoms with E-state index in [-0.39, 0.29) is 5.54 Å². The summed E-state index contributed by atoms with van der Waals surface area (Å²) in [4.78, 5) is 14.2. The highest BCUT2D eigenvalue weighted by molar-refractivity contribution is 5.85. The lowest BCUT2D eigenvalue weighted by atomic mass is 9.87. The van der Waals surface area contributed by atoms with E-state index < -0.39 is 0 Å². The van der Waals surface area contributed by atoms with E-state index in [9.17, 15) is 5.26 Å². The maximum atomic E-state index is 9.79. The molecule has 3 atom stereocenters. The van der Waals surface area contributed by atoms with Crippen LogP contribution in [0.2, 0.25) is 0 Å². The number of piperazine rings is 1. The van der Waals surface area contributed by atoms with Gasteiger partial charge in [0, 0.05) is 79.3 Å². The van der Waals surface area contributed by atoms with Crippen molar-refractivity contribution < 1.29 is 9.47 Å². The summed E-state index contributed by atoms with van der Waals surface area (Å²) in [7, 11) is 1.64. The maximum Gasteiger partial charge on any atom is 0.212 e. The van der Waals surface area contributed by atoms with Crippen molar-refractivity contribution in [1.29, 1.82) is 5.26 Å². The predicted octanol–water partition coefficient (Wildman–Crippen LogP) is 4.29. The van der Waals surface area contributed by atoms with E-state index in [1.54, 1.807) is 17.8 Å². The quantitative estimate of drug-likeness (QED) is 0.328. The van der Waals surface area contributed by atoms with Crippen LogP contribution in [0.5, 0.6) is 11.6 Å². The van der Waals surface area contributed by atoms with Crippen LogP contribution in [0, 0.1) is 17.2 Å². The van der Waals surface area contributed by atoms with Crippen molar-refractivity contribution in [2.75, 3.05) is 38.3 Å². The van der Waals surface area contributed by atoms with Gasteiger partial charge in [-0.2, -0.15) is 10.4 Å². The van der Waals surface area contributed by atoms with Gasteiger partial charge in [-0.25, -0.2) is 14.5 Å². The second-order valence-electron chi connectivity index (χ2n) is 12.8. The first-order valence-electron chi connectivity index (χ1n) is 15.1. The topological polar surface area (TPSA) is 104 Å². The van der Waals surface area contributed by atoms with Crippen LogP contribution in [0.25, 0.3) is 16.6 Å². The van der Waals surface area contributed by atoms with E-state index >= 15 is 0 Å². The van der Waals surface area contributed by atoms with E-state index in [1.165, 1.54) is 12.0 Å². The fourth-order valence-corrected chi connectivity index (χ4v) is 6.71. The molecule has 2 bridgehead atoms. The summed E-state index contributed by atoms with van der Waals surface area (Å²) in [6.07, 6.45) is 10.8. The molecule has 8 rings (SSSR count). The minimum atomic E-state index is 0.188. The molecule has 10 heteroatoms. The molecule has 4 saturated heterocycles. The van der Waals surface area contributed by atoms with Crippen molar-refractivity contribution in [1.82, 2.24) is 29.8 Å². The zero-order chi connectivity index (χ0) is 29.6. The molecule has 4 aliphatic rings. The van der Waals surface area contributed by atoms with Crippen LogP contribution in [0.3, 0.4) is 0 Å². The number of pyridine rings is 3. The lowest BCUT2D eigenvalue weighted by molar-refractivity contribution is -0.00876. The Hall–Kier alpha value is -4.20. The van der Waals surface area contributed by atoms with Crippen molar-refractivity contribution in [3.63, 3.8) is 0 Å². The van der Waals surface area contributed by atoms with E-state index in [0.29, 0.717) is 36.1 Å². The fraction of sp³-hybridized carbons (Fsp3) is 0.455. The van der Waals surface area contributed by atoms with E-state index in [0.717, 1.165) is 67.2 Å². The van der Waals surface area contributed by atoms with Gasteiger partial charge in [0.05, 0.1) is 37.2 Å². The fourth-order valence-electron chi connectivity index (χ4n) is 6.71. The van der Waals surface area contributed by atoms with E-state index in [1.807, 2.05) is 30.7 Å². The summed E-state index contributed by atoms with van der Waals surface area (Å²) in [5.41, 5.74) is 4.54. The Morgan fingerprint density at radius 1 is 1.09 bits per heavy atom. The van der Waals surface area contributed by atoms with Crippen molar-refractivity contribution in [3.05, 3.63) is 66.2 Å². The SMILES string of the molecule is COc1ccc(CN2C3CC2CN(c2ccc(-c4cc(OC[C@H]5CCC(C)(C)NC5)cn5ncc(C#N)c45)cn2)C3)cn1. The van der Waals surface area contributed by atoms with Crippen LogP contribution >= 0.6 is 0 Å². The largest absolute Gasteiger partial charge is 0.492 e. The number of nitrogens with zero attached hydrogens (tertiary/aromatic N) is 7. The number of hydrogen-bond donors (Lipinski definition) is 1. The molecule has 0 spiro atoms. The predicted molar refractivity (Wildman–Crippen MR) is 164 cm³/mol. The minimum absolute atomic E-state index is 0.188. The second-order valence-corrected chi connectivity index (χ2v) is 12.8. The molecule has 0 saturated carbocycles. The average molecular weight is 579 g/mol. The molecule has 0 aromatic carbocycles. The smallest absolute Gasteiger partial charge is 0.212 e. The number of aromatic nitrogens is 4. The Morgan fingerprint density at radius 2 is 1.95 bits per heavy atom. The Labute approximate surface area is 252 Å². The van der Waals surface area contributed by atoms with Crippen LogP contribution in [-0.4, -0.2) is 75.5 Å². The summed E-state index contributed by atoms with van der Waals surface area (Å²) >= 11 is 0. The molecule has 8 heterocycles. The third kappa shape index (κ3) is 5.51. The van der Waals surface area contributed by atoms with Crippen LogP contribution in [0.15, 0.2) is 55.1 Å². The minimum Gasteiger partial charge on any atom is -0.492 e. The van der Waals surface area contributed by atoms with Gasteiger partial charge >= 0.3 is 0 Å². The van der Waals surface area contributed by atoms with Gasteiger partial charge in [0.25, 0.3) is 0 Å². The summed E-state index contributed by atoms with van der Waals surface area (Å²) in [6, 6.07) is 13.6. The first-order valence-corrected chi connectivity index (χ1v) is 15.1. The molecule has 4 aromatic heterocycles. The molecule has 0 aliphatic carbocycles. The molecular weight excluding hydrogens is 540 g/mol. The Morgan fingerprint density at radius 3 is 2.63 bits per heavy atom.